The van der Waals surface area contributed by atoms with Gasteiger partial charge in [0.25, 0.3) is 5.88 Å². The molecule has 1 saturated heterocycles. The minimum atomic E-state index is 0.700. The highest BCUT2D eigenvalue weighted by Gasteiger charge is 2.21. The highest BCUT2D eigenvalue weighted by Crippen LogP contribution is 2.29. The third-order valence-electron chi connectivity index (χ3n) is 3.74. The molecule has 1 aliphatic heterocycles. The molecule has 18 heavy (non-hydrogen) atoms. The predicted octanol–water partition coefficient (Wildman–Crippen LogP) is 1.07. The standard InChI is InChI=1S/C13H20N4O/c1-2-11(3-1)10-18-13-12(15-4-5-16-13)17-8-6-14-7-9-17/h4-5,11,14H,1-3,6-10H2. The third-order valence-corrected chi connectivity index (χ3v) is 3.74. The van der Waals surface area contributed by atoms with E-state index in [1.54, 1.807) is 12.4 Å². The zero-order chi connectivity index (χ0) is 12.2. The Hall–Kier alpha value is -1.36. The summed E-state index contributed by atoms with van der Waals surface area (Å²) in [6.45, 7) is 4.73. The number of hydrogen-bond donors (Lipinski definition) is 1. The predicted molar refractivity (Wildman–Crippen MR) is 70.0 cm³/mol. The van der Waals surface area contributed by atoms with Gasteiger partial charge in [0.1, 0.15) is 0 Å². The quantitative estimate of drug-likeness (QED) is 0.863. The van der Waals surface area contributed by atoms with E-state index in [0.717, 1.165) is 44.5 Å². The van der Waals surface area contributed by atoms with Gasteiger partial charge in [0.05, 0.1) is 6.61 Å². The second kappa shape index (κ2) is 5.52. The Balaban J connectivity index is 1.67. The van der Waals surface area contributed by atoms with Gasteiger partial charge in [0.2, 0.25) is 0 Å². The number of hydrogen-bond acceptors (Lipinski definition) is 5. The molecule has 98 valence electrons. The van der Waals surface area contributed by atoms with Crippen LogP contribution in [0.1, 0.15) is 19.3 Å². The number of rotatable bonds is 4. The molecule has 5 heteroatoms. The van der Waals surface area contributed by atoms with E-state index in [1.807, 2.05) is 0 Å². The van der Waals surface area contributed by atoms with Crippen molar-refractivity contribution >= 4 is 5.82 Å². The van der Waals surface area contributed by atoms with Crippen molar-refractivity contribution in [2.24, 2.45) is 5.92 Å². The molecule has 2 heterocycles. The molecular formula is C13H20N4O. The number of piperazine rings is 1. The van der Waals surface area contributed by atoms with Gasteiger partial charge in [-0.3, -0.25) is 0 Å². The van der Waals surface area contributed by atoms with Crippen molar-refractivity contribution in [2.45, 2.75) is 19.3 Å². The van der Waals surface area contributed by atoms with Gasteiger partial charge in [0.15, 0.2) is 5.82 Å². The van der Waals surface area contributed by atoms with Crippen molar-refractivity contribution in [2.75, 3.05) is 37.7 Å². The Bertz CT molecular complexity index is 388. The molecule has 1 aromatic rings. The Labute approximate surface area is 108 Å². The minimum absolute atomic E-state index is 0.700. The van der Waals surface area contributed by atoms with Crippen LogP contribution in [-0.4, -0.2) is 42.8 Å². The van der Waals surface area contributed by atoms with Gasteiger partial charge in [-0.1, -0.05) is 6.42 Å². The fourth-order valence-corrected chi connectivity index (χ4v) is 2.37. The summed E-state index contributed by atoms with van der Waals surface area (Å²) >= 11 is 0. The maximum absolute atomic E-state index is 5.86. The van der Waals surface area contributed by atoms with Crippen molar-refractivity contribution in [3.8, 4) is 5.88 Å². The van der Waals surface area contributed by atoms with Crippen LogP contribution in [0.25, 0.3) is 0 Å². The summed E-state index contributed by atoms with van der Waals surface area (Å²) in [5.74, 6) is 2.33. The van der Waals surface area contributed by atoms with E-state index in [2.05, 4.69) is 20.2 Å². The van der Waals surface area contributed by atoms with Gasteiger partial charge in [-0.2, -0.15) is 0 Å². The number of nitrogens with one attached hydrogen (secondary N) is 1. The van der Waals surface area contributed by atoms with Gasteiger partial charge in [-0.15, -0.1) is 0 Å². The van der Waals surface area contributed by atoms with Crippen molar-refractivity contribution in [1.82, 2.24) is 15.3 Å². The van der Waals surface area contributed by atoms with E-state index in [0.29, 0.717) is 5.88 Å². The Morgan fingerprint density at radius 1 is 1.22 bits per heavy atom. The van der Waals surface area contributed by atoms with Crippen molar-refractivity contribution in [3.05, 3.63) is 12.4 Å². The van der Waals surface area contributed by atoms with Crippen molar-refractivity contribution in [3.63, 3.8) is 0 Å². The molecule has 1 saturated carbocycles. The maximum Gasteiger partial charge on any atom is 0.257 e. The summed E-state index contributed by atoms with van der Waals surface area (Å²) in [5, 5.41) is 3.34. The van der Waals surface area contributed by atoms with E-state index < -0.39 is 0 Å². The summed E-state index contributed by atoms with van der Waals surface area (Å²) in [5.41, 5.74) is 0. The highest BCUT2D eigenvalue weighted by molar-refractivity contribution is 5.48. The van der Waals surface area contributed by atoms with Crippen LogP contribution in [0.3, 0.4) is 0 Å². The topological polar surface area (TPSA) is 50.3 Å². The van der Waals surface area contributed by atoms with Crippen LogP contribution < -0.4 is 15.0 Å². The van der Waals surface area contributed by atoms with Crippen molar-refractivity contribution < 1.29 is 4.74 Å². The zero-order valence-corrected chi connectivity index (χ0v) is 10.6. The van der Waals surface area contributed by atoms with Gasteiger partial charge in [-0.05, 0) is 18.8 Å². The summed E-state index contributed by atoms with van der Waals surface area (Å²) < 4.78 is 5.86. The number of anilines is 1. The van der Waals surface area contributed by atoms with Crippen LogP contribution in [0.2, 0.25) is 0 Å². The van der Waals surface area contributed by atoms with Gasteiger partial charge in [-0.25, -0.2) is 9.97 Å². The molecule has 0 unspecified atom stereocenters. The maximum atomic E-state index is 5.86. The zero-order valence-electron chi connectivity index (χ0n) is 10.6. The lowest BCUT2D eigenvalue weighted by atomic mass is 9.86. The van der Waals surface area contributed by atoms with E-state index in [1.165, 1.54) is 19.3 Å². The summed E-state index contributed by atoms with van der Waals surface area (Å²) in [4.78, 5) is 11.0. The van der Waals surface area contributed by atoms with E-state index in [9.17, 15) is 0 Å². The molecule has 3 rings (SSSR count). The van der Waals surface area contributed by atoms with Crippen LogP contribution >= 0.6 is 0 Å². The lowest BCUT2D eigenvalue weighted by molar-refractivity contribution is 0.175. The molecular weight excluding hydrogens is 228 g/mol. The summed E-state index contributed by atoms with van der Waals surface area (Å²) in [7, 11) is 0. The molecule has 0 spiro atoms. The smallest absolute Gasteiger partial charge is 0.257 e. The molecule has 0 bridgehead atoms. The monoisotopic (exact) mass is 248 g/mol. The normalized spacial score (nSPS) is 20.6. The lowest BCUT2D eigenvalue weighted by Gasteiger charge is -2.30. The molecule has 1 N–H and O–H groups in total. The largest absolute Gasteiger partial charge is 0.475 e. The Morgan fingerprint density at radius 3 is 2.72 bits per heavy atom. The fraction of sp³-hybridized carbons (Fsp3) is 0.692. The number of nitrogens with zero attached hydrogens (tertiary/aromatic N) is 3. The van der Waals surface area contributed by atoms with Gasteiger partial charge >= 0.3 is 0 Å². The molecule has 0 aromatic carbocycles. The lowest BCUT2D eigenvalue weighted by Crippen LogP contribution is -2.44. The second-order valence-corrected chi connectivity index (χ2v) is 5.03. The van der Waals surface area contributed by atoms with E-state index in [4.69, 9.17) is 4.74 Å². The second-order valence-electron chi connectivity index (χ2n) is 5.03. The molecule has 0 radical (unpaired) electrons. The third kappa shape index (κ3) is 2.56. The van der Waals surface area contributed by atoms with Gasteiger partial charge in [0, 0.05) is 38.6 Å². The first-order valence-corrected chi connectivity index (χ1v) is 6.83. The molecule has 5 nitrogen and oxygen atoms in total. The van der Waals surface area contributed by atoms with Crippen LogP contribution in [-0.2, 0) is 0 Å². The molecule has 2 fully saturated rings. The summed E-state index contributed by atoms with van der Waals surface area (Å²) in [6.07, 6.45) is 7.39. The first kappa shape index (κ1) is 11.7. The van der Waals surface area contributed by atoms with Crippen LogP contribution in [0, 0.1) is 5.92 Å². The molecule has 0 atom stereocenters. The van der Waals surface area contributed by atoms with Crippen molar-refractivity contribution in [1.29, 1.82) is 0 Å². The summed E-state index contributed by atoms with van der Waals surface area (Å²) in [6, 6.07) is 0. The Morgan fingerprint density at radius 2 is 2.00 bits per heavy atom. The van der Waals surface area contributed by atoms with E-state index in [-0.39, 0.29) is 0 Å². The number of aromatic nitrogens is 2. The highest BCUT2D eigenvalue weighted by atomic mass is 16.5. The number of ether oxygens (including phenoxy) is 1. The van der Waals surface area contributed by atoms with E-state index >= 15 is 0 Å². The average Bonchev–Trinajstić information content (AvgIpc) is 2.39. The fourth-order valence-electron chi connectivity index (χ4n) is 2.37. The van der Waals surface area contributed by atoms with Gasteiger partial charge < -0.3 is 15.0 Å². The van der Waals surface area contributed by atoms with Crippen LogP contribution in [0.15, 0.2) is 12.4 Å². The average molecular weight is 248 g/mol. The molecule has 1 aliphatic carbocycles. The molecule has 2 aliphatic rings. The Kier molecular flexibility index (Phi) is 3.59. The first-order chi connectivity index (χ1) is 8.93. The first-order valence-electron chi connectivity index (χ1n) is 6.83. The molecule has 1 aromatic heterocycles. The van der Waals surface area contributed by atoms with Crippen LogP contribution in [0.4, 0.5) is 5.82 Å². The molecule has 0 amide bonds. The minimum Gasteiger partial charge on any atom is -0.475 e. The SMILES string of the molecule is c1cnc(N2CCNCC2)c(OCC2CCC2)n1. The van der Waals surface area contributed by atoms with Crippen LogP contribution in [0.5, 0.6) is 5.88 Å².